The summed E-state index contributed by atoms with van der Waals surface area (Å²) >= 11 is 3.36. The quantitative estimate of drug-likeness (QED) is 0.775. The summed E-state index contributed by atoms with van der Waals surface area (Å²) < 4.78 is 3.01. The third-order valence-corrected chi connectivity index (χ3v) is 2.10. The van der Waals surface area contributed by atoms with Gasteiger partial charge in [-0.1, -0.05) is 0 Å². The Kier molecular flexibility index (Phi) is 2.45. The third kappa shape index (κ3) is 1.38. The van der Waals surface area contributed by atoms with Crippen molar-refractivity contribution < 1.29 is 0 Å². The number of hydrogen-bond acceptors (Lipinski definition) is 2. The fraction of sp³-hybridized carbons (Fsp3) is 0.500. The highest BCUT2D eigenvalue weighted by molar-refractivity contribution is 9.10. The molecule has 56 valence electrons. The van der Waals surface area contributed by atoms with E-state index in [1.54, 1.807) is 6.20 Å². The maximum atomic E-state index is 4.16. The van der Waals surface area contributed by atoms with Gasteiger partial charge in [0.15, 0.2) is 0 Å². The molecule has 0 bridgehead atoms. The van der Waals surface area contributed by atoms with Crippen LogP contribution in [0.1, 0.15) is 5.82 Å². The predicted octanol–water partition coefficient (Wildman–Crippen LogP) is 0.902. The van der Waals surface area contributed by atoms with Crippen molar-refractivity contribution in [1.29, 1.82) is 0 Å². The highest BCUT2D eigenvalue weighted by atomic mass is 79.9. The summed E-state index contributed by atoms with van der Waals surface area (Å²) in [5.74, 6) is 1.04. The topological polar surface area (TPSA) is 29.9 Å². The van der Waals surface area contributed by atoms with Gasteiger partial charge >= 0.3 is 0 Å². The summed E-state index contributed by atoms with van der Waals surface area (Å²) in [5.41, 5.74) is 0. The normalized spacial score (nSPS) is 10.3. The molecule has 0 unspecified atom stereocenters. The van der Waals surface area contributed by atoms with Crippen molar-refractivity contribution in [3.8, 4) is 0 Å². The van der Waals surface area contributed by atoms with Crippen LogP contribution in [0.2, 0.25) is 0 Å². The van der Waals surface area contributed by atoms with E-state index >= 15 is 0 Å². The summed E-state index contributed by atoms with van der Waals surface area (Å²) in [6.45, 7) is 0.808. The molecule has 1 aromatic rings. The van der Waals surface area contributed by atoms with Gasteiger partial charge in [0.05, 0.1) is 12.7 Å². The number of nitrogens with one attached hydrogen (secondary N) is 1. The smallest absolute Gasteiger partial charge is 0.123 e. The van der Waals surface area contributed by atoms with Crippen molar-refractivity contribution in [3.63, 3.8) is 0 Å². The third-order valence-electron chi connectivity index (χ3n) is 1.36. The van der Waals surface area contributed by atoms with Gasteiger partial charge in [0.2, 0.25) is 0 Å². The van der Waals surface area contributed by atoms with Crippen molar-refractivity contribution in [2.24, 2.45) is 7.05 Å². The van der Waals surface area contributed by atoms with Crippen LogP contribution >= 0.6 is 15.9 Å². The van der Waals surface area contributed by atoms with E-state index in [9.17, 15) is 0 Å². The molecule has 0 spiro atoms. The standard InChI is InChI=1S/C6H10BrN3/c1-8-4-6-9-3-5(7)10(6)2/h3,8H,4H2,1-2H3. The summed E-state index contributed by atoms with van der Waals surface area (Å²) in [4.78, 5) is 4.16. The molecule has 0 aliphatic carbocycles. The van der Waals surface area contributed by atoms with Crippen molar-refractivity contribution >= 4 is 15.9 Å². The first kappa shape index (κ1) is 7.75. The monoisotopic (exact) mass is 203 g/mol. The lowest BCUT2D eigenvalue weighted by atomic mass is 10.6. The number of hydrogen-bond donors (Lipinski definition) is 1. The molecule has 1 N–H and O–H groups in total. The Labute approximate surface area is 68.6 Å². The van der Waals surface area contributed by atoms with E-state index < -0.39 is 0 Å². The maximum absolute atomic E-state index is 4.16. The Hall–Kier alpha value is -0.350. The molecule has 10 heavy (non-hydrogen) atoms. The molecule has 1 heterocycles. The molecule has 0 radical (unpaired) electrons. The second-order valence-electron chi connectivity index (χ2n) is 2.09. The molecule has 0 aliphatic heterocycles. The number of nitrogens with zero attached hydrogens (tertiary/aromatic N) is 2. The predicted molar refractivity (Wildman–Crippen MR) is 43.7 cm³/mol. The molecule has 3 nitrogen and oxygen atoms in total. The summed E-state index contributed by atoms with van der Waals surface area (Å²) in [6, 6.07) is 0. The van der Waals surface area contributed by atoms with Gasteiger partial charge in [-0.3, -0.25) is 0 Å². The van der Waals surface area contributed by atoms with Crippen LogP contribution < -0.4 is 5.32 Å². The van der Waals surface area contributed by atoms with Gasteiger partial charge in [-0.05, 0) is 23.0 Å². The molecule has 0 atom stereocenters. The highest BCUT2D eigenvalue weighted by Gasteiger charge is 2.00. The van der Waals surface area contributed by atoms with E-state index in [1.165, 1.54) is 0 Å². The van der Waals surface area contributed by atoms with Crippen molar-refractivity contribution in [3.05, 3.63) is 16.6 Å². The van der Waals surface area contributed by atoms with Crippen LogP contribution in [0, 0.1) is 0 Å². The lowest BCUT2D eigenvalue weighted by molar-refractivity contribution is 0.704. The van der Waals surface area contributed by atoms with Crippen LogP contribution in [0.4, 0.5) is 0 Å². The van der Waals surface area contributed by atoms with Crippen LogP contribution in [0.15, 0.2) is 10.8 Å². The zero-order valence-corrected chi connectivity index (χ0v) is 7.64. The minimum atomic E-state index is 0.808. The molecule has 0 saturated heterocycles. The largest absolute Gasteiger partial charge is 0.325 e. The summed E-state index contributed by atoms with van der Waals surface area (Å²) in [6.07, 6.45) is 1.80. The average molecular weight is 204 g/mol. The first-order valence-electron chi connectivity index (χ1n) is 3.06. The molecule has 0 aromatic carbocycles. The summed E-state index contributed by atoms with van der Waals surface area (Å²) in [5, 5.41) is 3.03. The van der Waals surface area contributed by atoms with Crippen LogP contribution in [-0.2, 0) is 13.6 Å². The lowest BCUT2D eigenvalue weighted by Gasteiger charge is -1.99. The number of rotatable bonds is 2. The van der Waals surface area contributed by atoms with E-state index in [0.717, 1.165) is 17.0 Å². The first-order chi connectivity index (χ1) is 4.75. The van der Waals surface area contributed by atoms with E-state index in [0.29, 0.717) is 0 Å². The molecule has 1 aromatic heterocycles. The van der Waals surface area contributed by atoms with Crippen molar-refractivity contribution in [2.45, 2.75) is 6.54 Å². The molecule has 4 heteroatoms. The SMILES string of the molecule is CNCc1ncc(Br)n1C. The average Bonchev–Trinajstić information content (AvgIpc) is 2.20. The maximum Gasteiger partial charge on any atom is 0.123 e. The molecular weight excluding hydrogens is 194 g/mol. The molecule has 0 fully saturated rings. The Morgan fingerprint density at radius 2 is 2.50 bits per heavy atom. The van der Waals surface area contributed by atoms with Gasteiger partial charge in [0.25, 0.3) is 0 Å². The molecule has 0 amide bonds. The number of aromatic nitrogens is 2. The molecular formula is C6H10BrN3. The van der Waals surface area contributed by atoms with Gasteiger partial charge < -0.3 is 9.88 Å². The fourth-order valence-electron chi connectivity index (χ4n) is 0.747. The minimum Gasteiger partial charge on any atom is -0.325 e. The first-order valence-corrected chi connectivity index (χ1v) is 3.85. The van der Waals surface area contributed by atoms with E-state index in [-0.39, 0.29) is 0 Å². The van der Waals surface area contributed by atoms with E-state index in [4.69, 9.17) is 0 Å². The van der Waals surface area contributed by atoms with E-state index in [1.807, 2.05) is 18.7 Å². The zero-order valence-electron chi connectivity index (χ0n) is 6.06. The second kappa shape index (κ2) is 3.16. The second-order valence-corrected chi connectivity index (χ2v) is 2.90. The molecule has 0 saturated carbocycles. The van der Waals surface area contributed by atoms with Crippen molar-refractivity contribution in [1.82, 2.24) is 14.9 Å². The van der Waals surface area contributed by atoms with Crippen LogP contribution in [0.25, 0.3) is 0 Å². The van der Waals surface area contributed by atoms with Crippen LogP contribution in [-0.4, -0.2) is 16.6 Å². The zero-order chi connectivity index (χ0) is 7.56. The van der Waals surface area contributed by atoms with Gasteiger partial charge in [-0.15, -0.1) is 0 Å². The van der Waals surface area contributed by atoms with Gasteiger partial charge in [-0.2, -0.15) is 0 Å². The Bertz CT molecular complexity index is 219. The Balaban J connectivity index is 2.83. The van der Waals surface area contributed by atoms with Crippen molar-refractivity contribution in [2.75, 3.05) is 7.05 Å². The van der Waals surface area contributed by atoms with E-state index in [2.05, 4.69) is 26.2 Å². The highest BCUT2D eigenvalue weighted by Crippen LogP contribution is 2.09. The fourth-order valence-corrected chi connectivity index (χ4v) is 1.05. The molecule has 0 aliphatic rings. The van der Waals surface area contributed by atoms with Crippen LogP contribution in [0.5, 0.6) is 0 Å². The minimum absolute atomic E-state index is 0.808. The van der Waals surface area contributed by atoms with Gasteiger partial charge in [-0.25, -0.2) is 4.98 Å². The lowest BCUT2D eigenvalue weighted by Crippen LogP contribution is -2.10. The Morgan fingerprint density at radius 3 is 2.90 bits per heavy atom. The van der Waals surface area contributed by atoms with Gasteiger partial charge in [0.1, 0.15) is 10.4 Å². The van der Waals surface area contributed by atoms with Gasteiger partial charge in [0, 0.05) is 7.05 Å². The number of imidazole rings is 1. The molecule has 1 rings (SSSR count). The van der Waals surface area contributed by atoms with Crippen LogP contribution in [0.3, 0.4) is 0 Å². The summed E-state index contributed by atoms with van der Waals surface area (Å²) in [7, 11) is 3.88. The Morgan fingerprint density at radius 1 is 1.80 bits per heavy atom. The number of halogens is 1.